The number of carbonyl (C=O) groups is 3. The van der Waals surface area contributed by atoms with Crippen molar-refractivity contribution in [2.24, 2.45) is 5.92 Å². The van der Waals surface area contributed by atoms with E-state index < -0.39 is 23.6 Å². The van der Waals surface area contributed by atoms with Crippen LogP contribution in [0.5, 0.6) is 0 Å². The van der Waals surface area contributed by atoms with Gasteiger partial charge in [0.25, 0.3) is 0 Å². The zero-order valence-electron chi connectivity index (χ0n) is 10.9. The van der Waals surface area contributed by atoms with Crippen molar-refractivity contribution in [2.45, 2.75) is 20.3 Å². The Bertz CT molecular complexity index is 420. The van der Waals surface area contributed by atoms with Crippen LogP contribution in [0.25, 0.3) is 0 Å². The Morgan fingerprint density at radius 1 is 1.16 bits per heavy atom. The smallest absolute Gasteiger partial charge is 0.328 e. The topological polar surface area (TPSA) is 69.7 Å². The average Bonchev–Trinajstić information content (AvgIpc) is 2.82. The minimum Gasteiger partial charge on any atom is -0.465 e. The Balaban J connectivity index is 2.79. The average molecular weight is 284 g/mol. The molecule has 6 heteroatoms. The van der Waals surface area contributed by atoms with Gasteiger partial charge in [-0.25, -0.2) is 0 Å². The molecule has 0 aliphatic carbocycles. The van der Waals surface area contributed by atoms with Crippen LogP contribution in [0, 0.1) is 5.92 Å². The molecule has 1 rings (SSSR count). The van der Waals surface area contributed by atoms with Crippen LogP contribution in [0.4, 0.5) is 0 Å². The molecule has 0 aromatic carbocycles. The molecule has 1 heterocycles. The van der Waals surface area contributed by atoms with Gasteiger partial charge in [-0.15, -0.1) is 11.3 Å². The first-order valence-corrected chi connectivity index (χ1v) is 6.86. The van der Waals surface area contributed by atoms with E-state index in [4.69, 9.17) is 9.47 Å². The van der Waals surface area contributed by atoms with E-state index >= 15 is 0 Å². The maximum absolute atomic E-state index is 12.0. The first kappa shape index (κ1) is 15.4. The minimum atomic E-state index is -1.48. The third kappa shape index (κ3) is 4.48. The van der Waals surface area contributed by atoms with Gasteiger partial charge in [0, 0.05) is 11.3 Å². The van der Waals surface area contributed by atoms with E-state index in [0.29, 0.717) is 0 Å². The number of esters is 2. The maximum atomic E-state index is 12.0. The Hall–Kier alpha value is -1.69. The summed E-state index contributed by atoms with van der Waals surface area (Å²) in [5, 5.41) is 1.83. The molecule has 0 radical (unpaired) electrons. The van der Waals surface area contributed by atoms with E-state index in [-0.39, 0.29) is 19.6 Å². The zero-order valence-corrected chi connectivity index (χ0v) is 11.7. The van der Waals surface area contributed by atoms with Crippen LogP contribution in [0.2, 0.25) is 0 Å². The predicted molar refractivity (Wildman–Crippen MR) is 69.8 cm³/mol. The highest BCUT2D eigenvalue weighted by Crippen LogP contribution is 2.14. The number of carbonyl (C=O) groups excluding carboxylic acids is 3. The molecule has 0 saturated carbocycles. The molecular weight excluding hydrogens is 268 g/mol. The number of ether oxygens (including phenoxy) is 2. The molecule has 0 atom stereocenters. The Labute approximate surface area is 115 Å². The number of thiophene rings is 1. The molecule has 0 saturated heterocycles. The molecular formula is C13H16O5S. The van der Waals surface area contributed by atoms with E-state index in [9.17, 15) is 14.4 Å². The van der Waals surface area contributed by atoms with Crippen LogP contribution in [0.1, 0.15) is 18.7 Å². The fraction of sp³-hybridized carbons (Fsp3) is 0.462. The van der Waals surface area contributed by atoms with Crippen LogP contribution in [0.15, 0.2) is 17.5 Å². The summed E-state index contributed by atoms with van der Waals surface area (Å²) in [6.45, 7) is 3.45. The van der Waals surface area contributed by atoms with Crippen molar-refractivity contribution in [3.63, 3.8) is 0 Å². The summed E-state index contributed by atoms with van der Waals surface area (Å²) < 4.78 is 9.51. The molecule has 0 bridgehead atoms. The quantitative estimate of drug-likeness (QED) is 0.562. The van der Waals surface area contributed by atoms with E-state index in [0.717, 1.165) is 4.88 Å². The first-order valence-electron chi connectivity index (χ1n) is 5.98. The Kier molecular flexibility index (Phi) is 6.21. The van der Waals surface area contributed by atoms with Gasteiger partial charge in [-0.05, 0) is 25.3 Å². The van der Waals surface area contributed by atoms with Crippen molar-refractivity contribution in [1.29, 1.82) is 0 Å². The highest BCUT2D eigenvalue weighted by Gasteiger charge is 2.36. The summed E-state index contributed by atoms with van der Waals surface area (Å²) in [5.41, 5.74) is 0. The highest BCUT2D eigenvalue weighted by atomic mass is 32.1. The lowest BCUT2D eigenvalue weighted by Crippen LogP contribution is -2.35. The SMILES string of the molecule is CCOC(=O)C(C(=O)Cc1cccs1)C(=O)OCC. The summed E-state index contributed by atoms with van der Waals surface area (Å²) >= 11 is 1.39. The zero-order chi connectivity index (χ0) is 14.3. The van der Waals surface area contributed by atoms with Crippen LogP contribution in [0.3, 0.4) is 0 Å². The molecule has 0 aliphatic heterocycles. The molecule has 104 valence electrons. The van der Waals surface area contributed by atoms with Crippen LogP contribution >= 0.6 is 11.3 Å². The lowest BCUT2D eigenvalue weighted by molar-refractivity contribution is -0.163. The molecule has 0 fully saturated rings. The van der Waals surface area contributed by atoms with Gasteiger partial charge >= 0.3 is 11.9 Å². The van der Waals surface area contributed by atoms with E-state index in [1.54, 1.807) is 26.0 Å². The standard InChI is InChI=1S/C13H16O5S/c1-3-17-12(15)11(13(16)18-4-2)10(14)8-9-6-5-7-19-9/h5-7,11H,3-4,8H2,1-2H3. The van der Waals surface area contributed by atoms with Crippen molar-refractivity contribution in [2.75, 3.05) is 13.2 Å². The summed E-state index contributed by atoms with van der Waals surface area (Å²) in [7, 11) is 0. The van der Waals surface area contributed by atoms with E-state index in [1.165, 1.54) is 11.3 Å². The summed E-state index contributed by atoms with van der Waals surface area (Å²) in [4.78, 5) is 36.2. The lowest BCUT2D eigenvalue weighted by Gasteiger charge is -2.12. The van der Waals surface area contributed by atoms with Gasteiger partial charge in [0.05, 0.1) is 13.2 Å². The molecule has 1 aromatic heterocycles. The van der Waals surface area contributed by atoms with Crippen LogP contribution < -0.4 is 0 Å². The van der Waals surface area contributed by atoms with E-state index in [1.807, 2.05) is 5.38 Å². The normalized spacial score (nSPS) is 10.3. The minimum absolute atomic E-state index is 0.0277. The van der Waals surface area contributed by atoms with Crippen molar-refractivity contribution in [3.8, 4) is 0 Å². The molecule has 0 aliphatic rings. The maximum Gasteiger partial charge on any atom is 0.328 e. The fourth-order valence-electron chi connectivity index (χ4n) is 1.50. The monoisotopic (exact) mass is 284 g/mol. The second-order valence-electron chi connectivity index (χ2n) is 3.66. The molecule has 5 nitrogen and oxygen atoms in total. The largest absolute Gasteiger partial charge is 0.465 e. The predicted octanol–water partition coefficient (Wildman–Crippen LogP) is 1.60. The van der Waals surface area contributed by atoms with Gasteiger partial charge in [0.2, 0.25) is 5.92 Å². The lowest BCUT2D eigenvalue weighted by atomic mass is 10.0. The van der Waals surface area contributed by atoms with Gasteiger partial charge < -0.3 is 9.47 Å². The third-order valence-corrected chi connectivity index (χ3v) is 3.17. The van der Waals surface area contributed by atoms with Gasteiger partial charge in [-0.2, -0.15) is 0 Å². The molecule has 19 heavy (non-hydrogen) atoms. The van der Waals surface area contributed by atoms with E-state index in [2.05, 4.69) is 0 Å². The second-order valence-corrected chi connectivity index (χ2v) is 4.69. The first-order chi connectivity index (χ1) is 9.10. The summed E-state index contributed by atoms with van der Waals surface area (Å²) in [6.07, 6.45) is 0.0277. The fourth-order valence-corrected chi connectivity index (χ4v) is 2.21. The van der Waals surface area contributed by atoms with Gasteiger partial charge in [-0.3, -0.25) is 14.4 Å². The van der Waals surface area contributed by atoms with Gasteiger partial charge in [0.15, 0.2) is 5.78 Å². The van der Waals surface area contributed by atoms with Crippen molar-refractivity contribution < 1.29 is 23.9 Å². The molecule has 0 N–H and O–H groups in total. The number of Topliss-reactive ketones (excluding diaryl/α,β-unsaturated/α-hetero) is 1. The van der Waals surface area contributed by atoms with Gasteiger partial charge in [-0.1, -0.05) is 6.07 Å². The van der Waals surface area contributed by atoms with Crippen LogP contribution in [-0.2, 0) is 30.3 Å². The van der Waals surface area contributed by atoms with Crippen LogP contribution in [-0.4, -0.2) is 30.9 Å². The van der Waals surface area contributed by atoms with Gasteiger partial charge in [0.1, 0.15) is 0 Å². The van der Waals surface area contributed by atoms with Crippen molar-refractivity contribution in [1.82, 2.24) is 0 Å². The number of rotatable bonds is 7. The summed E-state index contributed by atoms with van der Waals surface area (Å²) in [5.74, 6) is -3.67. The molecule has 0 unspecified atom stereocenters. The second kappa shape index (κ2) is 7.68. The number of hydrogen-bond acceptors (Lipinski definition) is 6. The van der Waals surface area contributed by atoms with Crippen molar-refractivity contribution in [3.05, 3.63) is 22.4 Å². The molecule has 0 spiro atoms. The third-order valence-electron chi connectivity index (χ3n) is 2.30. The number of hydrogen-bond donors (Lipinski definition) is 0. The Morgan fingerprint density at radius 2 is 1.74 bits per heavy atom. The molecule has 0 amide bonds. The molecule has 1 aromatic rings. The van der Waals surface area contributed by atoms with Crippen molar-refractivity contribution >= 4 is 29.1 Å². The Morgan fingerprint density at radius 3 is 2.16 bits per heavy atom. The number of ketones is 1. The highest BCUT2D eigenvalue weighted by molar-refractivity contribution is 7.10. The summed E-state index contributed by atoms with van der Waals surface area (Å²) in [6, 6.07) is 3.58.